The highest BCUT2D eigenvalue weighted by molar-refractivity contribution is 7.92. The standard InChI is InChI=1S/C28H26FN5O3S/c1-18-8-11-26(22(29)14-18)38(35,36)33-24-15-21(17-31-27(24)37-2)20-9-10-23-25(16-20)34(28(30)32-23)13-12-19-6-4-3-5-7-19/h3-11,14-17,33H,12-13H2,1-2H3,(H2,30,32). The van der Waals surface area contributed by atoms with E-state index in [2.05, 4.69) is 26.8 Å². The Morgan fingerprint density at radius 1 is 1.03 bits per heavy atom. The molecule has 194 valence electrons. The topological polar surface area (TPSA) is 112 Å². The van der Waals surface area contributed by atoms with Gasteiger partial charge in [-0.3, -0.25) is 4.72 Å². The maximum absolute atomic E-state index is 14.5. The molecule has 0 saturated carbocycles. The lowest BCUT2D eigenvalue weighted by Crippen LogP contribution is -2.15. The van der Waals surface area contributed by atoms with Crippen LogP contribution in [0.2, 0.25) is 0 Å². The third-order valence-electron chi connectivity index (χ3n) is 6.24. The Morgan fingerprint density at radius 3 is 2.55 bits per heavy atom. The van der Waals surface area contributed by atoms with Gasteiger partial charge in [0.25, 0.3) is 10.0 Å². The van der Waals surface area contributed by atoms with Gasteiger partial charge in [0.05, 0.1) is 18.1 Å². The molecule has 8 nitrogen and oxygen atoms in total. The molecule has 0 aliphatic carbocycles. The van der Waals surface area contributed by atoms with Crippen molar-refractivity contribution in [3.63, 3.8) is 0 Å². The Balaban J connectivity index is 1.49. The fraction of sp³-hybridized carbons (Fsp3) is 0.143. The summed E-state index contributed by atoms with van der Waals surface area (Å²) >= 11 is 0. The minimum Gasteiger partial charge on any atom is -0.480 e. The summed E-state index contributed by atoms with van der Waals surface area (Å²) in [5.74, 6) is -0.370. The van der Waals surface area contributed by atoms with Crippen molar-refractivity contribution in [2.75, 3.05) is 17.6 Å². The van der Waals surface area contributed by atoms with Crippen molar-refractivity contribution >= 4 is 32.7 Å². The molecule has 0 aliphatic rings. The van der Waals surface area contributed by atoms with Crippen LogP contribution in [0.4, 0.5) is 16.0 Å². The minimum atomic E-state index is -4.24. The number of anilines is 2. The van der Waals surface area contributed by atoms with E-state index in [4.69, 9.17) is 10.5 Å². The van der Waals surface area contributed by atoms with Crippen LogP contribution in [0.15, 0.2) is 83.9 Å². The molecule has 0 bridgehead atoms. The summed E-state index contributed by atoms with van der Waals surface area (Å²) in [6.45, 7) is 2.32. The molecule has 38 heavy (non-hydrogen) atoms. The number of ether oxygens (including phenoxy) is 1. The number of sulfonamides is 1. The Bertz CT molecular complexity index is 1740. The van der Waals surface area contributed by atoms with Gasteiger partial charge in [0, 0.05) is 18.3 Å². The third kappa shape index (κ3) is 5.03. The van der Waals surface area contributed by atoms with Gasteiger partial charge in [0.15, 0.2) is 0 Å². The van der Waals surface area contributed by atoms with Crippen LogP contribution in [0.5, 0.6) is 5.88 Å². The summed E-state index contributed by atoms with van der Waals surface area (Å²) in [5.41, 5.74) is 11.1. The van der Waals surface area contributed by atoms with Gasteiger partial charge in [-0.1, -0.05) is 42.5 Å². The van der Waals surface area contributed by atoms with E-state index < -0.39 is 20.7 Å². The molecule has 0 spiro atoms. The highest BCUT2D eigenvalue weighted by atomic mass is 32.2. The molecule has 0 aliphatic heterocycles. The van der Waals surface area contributed by atoms with Crippen molar-refractivity contribution in [2.24, 2.45) is 0 Å². The molecule has 10 heteroatoms. The van der Waals surface area contributed by atoms with Crippen LogP contribution >= 0.6 is 0 Å². The van der Waals surface area contributed by atoms with E-state index in [0.29, 0.717) is 23.6 Å². The molecular formula is C28H26FN5O3S. The van der Waals surface area contributed by atoms with Gasteiger partial charge >= 0.3 is 0 Å². The summed E-state index contributed by atoms with van der Waals surface area (Å²) in [6.07, 6.45) is 2.37. The number of methoxy groups -OCH3 is 1. The molecule has 5 aromatic rings. The van der Waals surface area contributed by atoms with E-state index in [1.54, 1.807) is 19.2 Å². The van der Waals surface area contributed by atoms with Crippen LogP contribution in [-0.4, -0.2) is 30.1 Å². The number of nitrogens with two attached hydrogens (primary N) is 1. The second-order valence-corrected chi connectivity index (χ2v) is 10.5. The number of nitrogens with zero attached hydrogens (tertiary/aromatic N) is 3. The molecule has 3 N–H and O–H groups in total. The molecule has 3 aromatic carbocycles. The maximum Gasteiger partial charge on any atom is 0.264 e. The Hall–Kier alpha value is -4.44. The van der Waals surface area contributed by atoms with Crippen molar-refractivity contribution in [3.05, 3.63) is 95.9 Å². The van der Waals surface area contributed by atoms with Crippen molar-refractivity contribution in [1.82, 2.24) is 14.5 Å². The zero-order chi connectivity index (χ0) is 26.9. The molecule has 0 saturated heterocycles. The minimum absolute atomic E-state index is 0.0584. The lowest BCUT2D eigenvalue weighted by Gasteiger charge is -2.14. The monoisotopic (exact) mass is 531 g/mol. The highest BCUT2D eigenvalue weighted by Crippen LogP contribution is 2.32. The van der Waals surface area contributed by atoms with E-state index in [1.807, 2.05) is 41.0 Å². The first-order chi connectivity index (χ1) is 18.2. The van der Waals surface area contributed by atoms with Gasteiger partial charge in [0.1, 0.15) is 16.4 Å². The van der Waals surface area contributed by atoms with Gasteiger partial charge in [-0.05, 0) is 60.4 Å². The number of pyridine rings is 1. The summed E-state index contributed by atoms with van der Waals surface area (Å²) in [7, 11) is -2.86. The smallest absolute Gasteiger partial charge is 0.264 e. The number of hydrogen-bond acceptors (Lipinski definition) is 6. The predicted octanol–water partition coefficient (Wildman–Crippen LogP) is 5.18. The van der Waals surface area contributed by atoms with Gasteiger partial charge in [-0.2, -0.15) is 0 Å². The summed E-state index contributed by atoms with van der Waals surface area (Å²) in [4.78, 5) is 8.30. The van der Waals surface area contributed by atoms with Crippen LogP contribution in [0.25, 0.3) is 22.2 Å². The number of halogens is 1. The average Bonchev–Trinajstić information content (AvgIpc) is 3.21. The summed E-state index contributed by atoms with van der Waals surface area (Å²) in [5, 5.41) is 0. The summed E-state index contributed by atoms with van der Waals surface area (Å²) in [6, 6.07) is 21.3. The molecule has 0 amide bonds. The van der Waals surface area contributed by atoms with Gasteiger partial charge in [-0.15, -0.1) is 0 Å². The van der Waals surface area contributed by atoms with E-state index in [9.17, 15) is 12.8 Å². The predicted molar refractivity (Wildman–Crippen MR) is 146 cm³/mol. The lowest BCUT2D eigenvalue weighted by molar-refractivity contribution is 0.400. The largest absolute Gasteiger partial charge is 0.480 e. The number of hydrogen-bond donors (Lipinski definition) is 2. The normalized spacial score (nSPS) is 11.6. The Morgan fingerprint density at radius 2 is 1.82 bits per heavy atom. The number of nitrogen functional groups attached to an aromatic ring is 1. The molecule has 0 unspecified atom stereocenters. The number of rotatable bonds is 8. The van der Waals surface area contributed by atoms with E-state index >= 15 is 0 Å². The highest BCUT2D eigenvalue weighted by Gasteiger charge is 2.22. The van der Waals surface area contributed by atoms with Gasteiger partial charge in [-0.25, -0.2) is 22.8 Å². The van der Waals surface area contributed by atoms with Crippen molar-refractivity contribution < 1.29 is 17.5 Å². The van der Waals surface area contributed by atoms with Crippen LogP contribution in [0.3, 0.4) is 0 Å². The molecular weight excluding hydrogens is 505 g/mol. The third-order valence-corrected chi connectivity index (χ3v) is 7.64. The Kier molecular flexibility index (Phi) is 6.73. The molecule has 0 fully saturated rings. The van der Waals surface area contributed by atoms with Gasteiger partial charge < -0.3 is 15.0 Å². The number of fused-ring (bicyclic) bond motifs is 1. The molecule has 2 aromatic heterocycles. The first-order valence-electron chi connectivity index (χ1n) is 11.9. The number of benzene rings is 3. The second-order valence-electron chi connectivity index (χ2n) is 8.88. The molecule has 0 radical (unpaired) electrons. The van der Waals surface area contributed by atoms with Gasteiger partial charge in [0.2, 0.25) is 11.8 Å². The number of nitrogens with one attached hydrogen (secondary N) is 1. The van der Waals surface area contributed by atoms with E-state index in [0.717, 1.165) is 23.0 Å². The lowest BCUT2D eigenvalue weighted by atomic mass is 10.1. The molecule has 0 atom stereocenters. The van der Waals surface area contributed by atoms with Crippen LogP contribution in [0.1, 0.15) is 11.1 Å². The first-order valence-corrected chi connectivity index (χ1v) is 13.4. The first kappa shape index (κ1) is 25.2. The quantitative estimate of drug-likeness (QED) is 0.285. The average molecular weight is 532 g/mol. The van der Waals surface area contributed by atoms with Crippen LogP contribution in [0, 0.1) is 12.7 Å². The number of aryl methyl sites for hydroxylation is 3. The van der Waals surface area contributed by atoms with Crippen LogP contribution < -0.4 is 15.2 Å². The second kappa shape index (κ2) is 10.1. The molecule has 2 heterocycles. The number of imidazole rings is 1. The fourth-order valence-corrected chi connectivity index (χ4v) is 5.42. The Labute approximate surface area is 220 Å². The SMILES string of the molecule is COc1ncc(-c2ccc3nc(N)n(CCc4ccccc4)c3c2)cc1NS(=O)(=O)c1ccc(C)cc1F. The maximum atomic E-state index is 14.5. The molecule has 5 rings (SSSR count). The zero-order valence-electron chi connectivity index (χ0n) is 20.8. The van der Waals surface area contributed by atoms with E-state index in [-0.39, 0.29) is 11.6 Å². The van der Waals surface area contributed by atoms with Crippen molar-refractivity contribution in [2.45, 2.75) is 24.8 Å². The van der Waals surface area contributed by atoms with Crippen molar-refractivity contribution in [1.29, 1.82) is 0 Å². The van der Waals surface area contributed by atoms with Crippen LogP contribution in [-0.2, 0) is 23.0 Å². The van der Waals surface area contributed by atoms with E-state index in [1.165, 1.54) is 30.9 Å². The fourth-order valence-electron chi connectivity index (χ4n) is 4.31. The zero-order valence-corrected chi connectivity index (χ0v) is 21.7. The number of aromatic nitrogens is 3. The van der Waals surface area contributed by atoms with Crippen molar-refractivity contribution in [3.8, 4) is 17.0 Å². The summed E-state index contributed by atoms with van der Waals surface area (Å²) < 4.78 is 50.1.